The number of nitrogens with one attached hydrogen (secondary N) is 1. The zero-order valence-corrected chi connectivity index (χ0v) is 12.8. The summed E-state index contributed by atoms with van der Waals surface area (Å²) in [4.78, 5) is 4.44. The molecule has 1 aromatic carbocycles. The third-order valence-corrected chi connectivity index (χ3v) is 3.81. The van der Waals surface area contributed by atoms with E-state index in [1.165, 1.54) is 0 Å². The number of alkyl halides is 1. The van der Waals surface area contributed by atoms with Crippen LogP contribution in [0, 0.1) is 0 Å². The van der Waals surface area contributed by atoms with Crippen LogP contribution in [0.15, 0.2) is 34.9 Å². The number of nitrogens with zero attached hydrogens (tertiary/aromatic N) is 1. The van der Waals surface area contributed by atoms with Crippen LogP contribution in [0.5, 0.6) is 0 Å². The summed E-state index contributed by atoms with van der Waals surface area (Å²) in [6.45, 7) is 4.27. The van der Waals surface area contributed by atoms with Crippen LogP contribution in [0.1, 0.15) is 20.3 Å². The Labute approximate surface area is 121 Å². The maximum absolute atomic E-state index is 5.83. The van der Waals surface area contributed by atoms with E-state index in [1.807, 2.05) is 24.4 Å². The highest BCUT2D eigenvalue weighted by Crippen LogP contribution is 2.29. The molecule has 0 saturated heterocycles. The molecule has 0 atom stereocenters. The van der Waals surface area contributed by atoms with E-state index < -0.39 is 0 Å². The first-order valence-corrected chi connectivity index (χ1v) is 7.24. The molecule has 96 valence electrons. The van der Waals surface area contributed by atoms with Gasteiger partial charge in [-0.25, -0.2) is 4.98 Å². The van der Waals surface area contributed by atoms with E-state index in [0.29, 0.717) is 5.88 Å². The Morgan fingerprint density at radius 2 is 2.06 bits per heavy atom. The highest BCUT2D eigenvalue weighted by molar-refractivity contribution is 9.10. The number of pyridine rings is 1. The fourth-order valence-corrected chi connectivity index (χ4v) is 2.86. The molecule has 0 radical (unpaired) electrons. The van der Waals surface area contributed by atoms with Crippen LogP contribution in [-0.4, -0.2) is 16.4 Å². The van der Waals surface area contributed by atoms with Gasteiger partial charge in [0.2, 0.25) is 0 Å². The third kappa shape index (κ3) is 2.96. The van der Waals surface area contributed by atoms with Crippen LogP contribution in [-0.2, 0) is 0 Å². The summed E-state index contributed by atoms with van der Waals surface area (Å²) in [6.07, 6.45) is 2.72. The molecule has 0 fully saturated rings. The summed E-state index contributed by atoms with van der Waals surface area (Å²) in [5.74, 6) is 1.54. The number of hydrogen-bond donors (Lipinski definition) is 1. The third-order valence-electron chi connectivity index (χ3n) is 2.93. The summed E-state index contributed by atoms with van der Waals surface area (Å²) in [7, 11) is 0. The largest absolute Gasteiger partial charge is 0.365 e. The second kappa shape index (κ2) is 5.45. The topological polar surface area (TPSA) is 24.9 Å². The molecule has 0 aliphatic heterocycles. The van der Waals surface area contributed by atoms with E-state index in [4.69, 9.17) is 11.6 Å². The molecule has 0 spiro atoms. The fraction of sp³-hybridized carbons (Fsp3) is 0.357. The molecule has 2 nitrogen and oxygen atoms in total. The molecular formula is C14H16BrClN2. The Balaban J connectivity index is 2.43. The molecule has 1 heterocycles. The van der Waals surface area contributed by atoms with Gasteiger partial charge in [-0.3, -0.25) is 0 Å². The second-order valence-corrected chi connectivity index (χ2v) is 6.17. The van der Waals surface area contributed by atoms with Gasteiger partial charge >= 0.3 is 0 Å². The van der Waals surface area contributed by atoms with Crippen molar-refractivity contribution in [2.75, 3.05) is 11.2 Å². The van der Waals surface area contributed by atoms with E-state index in [2.05, 4.69) is 46.1 Å². The van der Waals surface area contributed by atoms with Gasteiger partial charge in [0.15, 0.2) is 0 Å². The molecule has 0 saturated carbocycles. The van der Waals surface area contributed by atoms with Crippen LogP contribution in [0.2, 0.25) is 0 Å². The summed E-state index contributed by atoms with van der Waals surface area (Å²) in [5, 5.41) is 5.76. The lowest BCUT2D eigenvalue weighted by Gasteiger charge is -2.26. The van der Waals surface area contributed by atoms with Crippen molar-refractivity contribution in [3.8, 4) is 0 Å². The first-order chi connectivity index (χ1) is 8.53. The van der Waals surface area contributed by atoms with E-state index in [1.54, 1.807) is 0 Å². The van der Waals surface area contributed by atoms with Crippen molar-refractivity contribution in [1.29, 1.82) is 0 Å². The Hall–Kier alpha value is -0.800. The Morgan fingerprint density at radius 1 is 1.28 bits per heavy atom. The van der Waals surface area contributed by atoms with Crippen molar-refractivity contribution in [1.82, 2.24) is 4.98 Å². The molecule has 18 heavy (non-hydrogen) atoms. The smallest absolute Gasteiger partial charge is 0.134 e. The Morgan fingerprint density at radius 3 is 2.78 bits per heavy atom. The van der Waals surface area contributed by atoms with Gasteiger partial charge in [-0.05, 0) is 32.4 Å². The minimum absolute atomic E-state index is 0.0641. The molecule has 0 bridgehead atoms. The van der Waals surface area contributed by atoms with Crippen molar-refractivity contribution in [2.24, 2.45) is 0 Å². The molecule has 0 aliphatic carbocycles. The van der Waals surface area contributed by atoms with E-state index in [-0.39, 0.29) is 5.54 Å². The summed E-state index contributed by atoms with van der Waals surface area (Å²) in [5.41, 5.74) is -0.0641. The summed E-state index contributed by atoms with van der Waals surface area (Å²) >= 11 is 9.39. The molecule has 2 aromatic rings. The average Bonchev–Trinajstić information content (AvgIpc) is 2.30. The lowest BCUT2D eigenvalue weighted by molar-refractivity contribution is 0.549. The Kier molecular flexibility index (Phi) is 4.13. The molecule has 4 heteroatoms. The first kappa shape index (κ1) is 13.6. The summed E-state index contributed by atoms with van der Waals surface area (Å²) < 4.78 is 1.08. The second-order valence-electron chi connectivity index (χ2n) is 4.94. The van der Waals surface area contributed by atoms with E-state index >= 15 is 0 Å². The number of halogens is 2. The predicted octanol–water partition coefficient (Wildman–Crippen LogP) is 4.82. The van der Waals surface area contributed by atoms with Crippen LogP contribution in [0.4, 0.5) is 5.82 Å². The van der Waals surface area contributed by atoms with Crippen LogP contribution >= 0.6 is 27.5 Å². The van der Waals surface area contributed by atoms with Gasteiger partial charge in [0, 0.05) is 32.9 Å². The number of aromatic nitrogens is 1. The van der Waals surface area contributed by atoms with E-state index in [0.717, 1.165) is 27.5 Å². The van der Waals surface area contributed by atoms with Crippen LogP contribution < -0.4 is 5.32 Å². The fourth-order valence-electron chi connectivity index (χ4n) is 1.89. The highest BCUT2D eigenvalue weighted by Gasteiger charge is 2.18. The molecular weight excluding hydrogens is 312 g/mol. The number of hydrogen-bond acceptors (Lipinski definition) is 2. The number of fused-ring (bicyclic) bond motifs is 1. The lowest BCUT2D eigenvalue weighted by Crippen LogP contribution is -2.31. The van der Waals surface area contributed by atoms with Crippen molar-refractivity contribution in [2.45, 2.75) is 25.8 Å². The SMILES string of the molecule is CC(C)(CCCl)Nc1nccc2c(Br)cccc12. The number of anilines is 1. The zero-order valence-electron chi connectivity index (χ0n) is 10.5. The van der Waals surface area contributed by atoms with Gasteiger partial charge in [-0.15, -0.1) is 11.6 Å². The van der Waals surface area contributed by atoms with Gasteiger partial charge < -0.3 is 5.32 Å². The quantitative estimate of drug-likeness (QED) is 0.815. The van der Waals surface area contributed by atoms with Gasteiger partial charge in [-0.2, -0.15) is 0 Å². The minimum Gasteiger partial charge on any atom is -0.365 e. The summed E-state index contributed by atoms with van der Waals surface area (Å²) in [6, 6.07) is 8.15. The number of benzene rings is 1. The Bertz CT molecular complexity index is 554. The molecule has 1 aromatic heterocycles. The monoisotopic (exact) mass is 326 g/mol. The van der Waals surface area contributed by atoms with E-state index in [9.17, 15) is 0 Å². The van der Waals surface area contributed by atoms with Crippen molar-refractivity contribution >= 4 is 44.1 Å². The zero-order chi connectivity index (χ0) is 13.2. The molecule has 0 amide bonds. The van der Waals surface area contributed by atoms with Crippen molar-refractivity contribution < 1.29 is 0 Å². The normalized spacial score (nSPS) is 11.8. The van der Waals surface area contributed by atoms with Crippen LogP contribution in [0.3, 0.4) is 0 Å². The standard InChI is InChI=1S/C14H16BrClN2/c1-14(2,7-8-16)18-13-11-4-3-5-12(15)10(11)6-9-17-13/h3-6,9H,7-8H2,1-2H3,(H,17,18). The highest BCUT2D eigenvalue weighted by atomic mass is 79.9. The first-order valence-electron chi connectivity index (χ1n) is 5.91. The predicted molar refractivity (Wildman–Crippen MR) is 82.5 cm³/mol. The molecule has 0 unspecified atom stereocenters. The van der Waals surface area contributed by atoms with Gasteiger partial charge in [-0.1, -0.05) is 28.1 Å². The van der Waals surface area contributed by atoms with Gasteiger partial charge in [0.05, 0.1) is 0 Å². The average molecular weight is 328 g/mol. The number of rotatable bonds is 4. The molecule has 2 rings (SSSR count). The van der Waals surface area contributed by atoms with Gasteiger partial charge in [0.25, 0.3) is 0 Å². The lowest BCUT2D eigenvalue weighted by atomic mass is 10.0. The van der Waals surface area contributed by atoms with Crippen molar-refractivity contribution in [3.63, 3.8) is 0 Å². The van der Waals surface area contributed by atoms with Gasteiger partial charge in [0.1, 0.15) is 5.82 Å². The van der Waals surface area contributed by atoms with Crippen LogP contribution in [0.25, 0.3) is 10.8 Å². The van der Waals surface area contributed by atoms with Crippen molar-refractivity contribution in [3.05, 3.63) is 34.9 Å². The molecule has 0 aliphatic rings. The maximum Gasteiger partial charge on any atom is 0.134 e. The maximum atomic E-state index is 5.83. The molecule has 1 N–H and O–H groups in total. The minimum atomic E-state index is -0.0641.